The molecule has 2 aromatic rings. The van der Waals surface area contributed by atoms with Crippen LogP contribution in [0.1, 0.15) is 18.4 Å². The Balaban J connectivity index is 2.09. The molecular weight excluding hydrogens is 388 g/mol. The van der Waals surface area contributed by atoms with Gasteiger partial charge in [-0.3, -0.25) is 9.59 Å². The smallest absolute Gasteiger partial charge is 0.326 e. The normalized spacial score (nSPS) is 12.8. The first-order chi connectivity index (χ1) is 13.4. The van der Waals surface area contributed by atoms with E-state index in [0.29, 0.717) is 11.2 Å². The van der Waals surface area contributed by atoms with Crippen LogP contribution in [0.25, 0.3) is 16.4 Å². The number of carbonyl (C=O) groups is 3. The minimum Gasteiger partial charge on any atom is -0.480 e. The van der Waals surface area contributed by atoms with E-state index in [1.165, 1.54) is 7.11 Å². The maximum atomic E-state index is 12.5. The highest BCUT2D eigenvalue weighted by atomic mass is 35.5. The fourth-order valence-electron chi connectivity index (χ4n) is 2.79. The fourth-order valence-corrected chi connectivity index (χ4v) is 3.09. The number of methoxy groups -OCH3 is 1. The summed E-state index contributed by atoms with van der Waals surface area (Å²) in [4.78, 5) is 40.9. The summed E-state index contributed by atoms with van der Waals surface area (Å²) in [6.45, 7) is 0. The van der Waals surface area contributed by atoms with E-state index in [9.17, 15) is 19.5 Å². The predicted octanol–water partition coefficient (Wildman–Crippen LogP) is 1.60. The molecule has 0 bridgehead atoms. The molecule has 0 saturated carbocycles. The summed E-state index contributed by atoms with van der Waals surface area (Å²) >= 11 is 6.23. The van der Waals surface area contributed by atoms with Gasteiger partial charge in [0.1, 0.15) is 12.1 Å². The Morgan fingerprint density at radius 2 is 2.18 bits per heavy atom. The molecule has 2 atom stereocenters. The molecule has 1 heterocycles. The second-order valence-corrected chi connectivity index (χ2v) is 6.46. The highest BCUT2D eigenvalue weighted by Crippen LogP contribution is 2.27. The largest absolute Gasteiger partial charge is 0.480 e. The lowest BCUT2D eigenvalue weighted by Gasteiger charge is -2.19. The molecule has 28 heavy (non-hydrogen) atoms. The van der Waals surface area contributed by atoms with Gasteiger partial charge in [0.25, 0.3) is 0 Å². The number of amides is 1. The van der Waals surface area contributed by atoms with E-state index in [-0.39, 0.29) is 19.3 Å². The molecule has 10 heteroatoms. The Labute approximate surface area is 165 Å². The van der Waals surface area contributed by atoms with Crippen molar-refractivity contribution in [3.8, 4) is 0 Å². The molecule has 0 fully saturated rings. The zero-order chi connectivity index (χ0) is 20.7. The molecule has 0 radical (unpaired) electrons. The molecule has 0 aliphatic carbocycles. The molecule has 2 rings (SSSR count). The Bertz CT molecular complexity index is 935. The molecule has 148 valence electrons. The van der Waals surface area contributed by atoms with Gasteiger partial charge in [-0.15, -0.1) is 0 Å². The fraction of sp³-hybridized carbons (Fsp3) is 0.333. The molecule has 0 spiro atoms. The monoisotopic (exact) mass is 406 g/mol. The number of benzene rings is 1. The minimum absolute atomic E-state index is 0.152. The number of Topliss-reactive ketones (excluding diaryl/α,β-unsaturated/α-hetero) is 1. The van der Waals surface area contributed by atoms with Gasteiger partial charge in [-0.1, -0.05) is 17.7 Å². The summed E-state index contributed by atoms with van der Waals surface area (Å²) in [5.41, 5.74) is 9.88. The first-order valence-electron chi connectivity index (χ1n) is 8.38. The van der Waals surface area contributed by atoms with E-state index in [4.69, 9.17) is 21.9 Å². The van der Waals surface area contributed by atoms with Crippen molar-refractivity contribution in [1.29, 1.82) is 0 Å². The lowest BCUT2D eigenvalue weighted by molar-refractivity contribution is -0.144. The topological polar surface area (TPSA) is 145 Å². The number of ether oxygens (including phenoxy) is 1. The van der Waals surface area contributed by atoms with Crippen LogP contribution < -0.4 is 5.32 Å². The number of rotatable bonds is 10. The summed E-state index contributed by atoms with van der Waals surface area (Å²) in [5.74, 6) is -2.47. The number of halogens is 1. The number of H-pyrrole nitrogens is 1. The highest BCUT2D eigenvalue weighted by molar-refractivity contribution is 6.35. The Morgan fingerprint density at radius 3 is 2.82 bits per heavy atom. The molecule has 9 nitrogen and oxygen atoms in total. The quantitative estimate of drug-likeness (QED) is 0.311. The average molecular weight is 407 g/mol. The molecule has 2 unspecified atom stereocenters. The molecular formula is C18H19ClN4O5. The van der Waals surface area contributed by atoms with Crippen molar-refractivity contribution in [3.05, 3.63) is 40.5 Å². The van der Waals surface area contributed by atoms with Crippen molar-refractivity contribution in [1.82, 2.24) is 10.3 Å². The van der Waals surface area contributed by atoms with Gasteiger partial charge >= 0.3 is 12.2 Å². The van der Waals surface area contributed by atoms with Gasteiger partial charge in [-0.2, -0.15) is 4.79 Å². The van der Waals surface area contributed by atoms with Gasteiger partial charge < -0.3 is 25.7 Å². The van der Waals surface area contributed by atoms with Crippen LogP contribution in [-0.4, -0.2) is 58.0 Å². The Kier molecular flexibility index (Phi) is 7.45. The van der Waals surface area contributed by atoms with Crippen molar-refractivity contribution in [2.24, 2.45) is 0 Å². The number of aromatic nitrogens is 1. The number of hydrogen-bond donors (Lipinski definition) is 3. The number of hydrogen-bond acceptors (Lipinski definition) is 4. The SMILES string of the molecule is COC(Cc1c[nH]c2cccc(Cl)c12)C(=O)NC(CCC(=O)C=[N+]=[N-])C(=O)O. The number of carboxylic acid groups (broad SMARTS) is 1. The first-order valence-corrected chi connectivity index (χ1v) is 8.75. The summed E-state index contributed by atoms with van der Waals surface area (Å²) in [6, 6.07) is 4.09. The van der Waals surface area contributed by atoms with E-state index in [2.05, 4.69) is 15.1 Å². The van der Waals surface area contributed by atoms with Gasteiger partial charge in [0.05, 0.1) is 5.02 Å². The molecule has 0 saturated heterocycles. The lowest BCUT2D eigenvalue weighted by Crippen LogP contribution is -2.46. The number of nitrogens with one attached hydrogen (secondary N) is 2. The van der Waals surface area contributed by atoms with Gasteiger partial charge in [-0.05, 0) is 24.1 Å². The van der Waals surface area contributed by atoms with Crippen LogP contribution in [0.2, 0.25) is 5.02 Å². The van der Waals surface area contributed by atoms with Crippen molar-refractivity contribution in [2.45, 2.75) is 31.4 Å². The van der Waals surface area contributed by atoms with Crippen molar-refractivity contribution in [2.75, 3.05) is 7.11 Å². The molecule has 0 aliphatic rings. The van der Waals surface area contributed by atoms with Gasteiger partial charge in [0.15, 0.2) is 0 Å². The molecule has 3 N–H and O–H groups in total. The van der Waals surface area contributed by atoms with Crippen molar-refractivity contribution >= 4 is 46.4 Å². The molecule has 1 aromatic carbocycles. The van der Waals surface area contributed by atoms with Crippen LogP contribution in [0, 0.1) is 0 Å². The summed E-state index contributed by atoms with van der Waals surface area (Å²) in [7, 11) is 1.34. The number of aromatic amines is 1. The average Bonchev–Trinajstić information content (AvgIpc) is 3.07. The van der Waals surface area contributed by atoms with Crippen molar-refractivity contribution in [3.63, 3.8) is 0 Å². The molecule has 0 aliphatic heterocycles. The van der Waals surface area contributed by atoms with Crippen LogP contribution in [0.4, 0.5) is 0 Å². The van der Waals surface area contributed by atoms with Gasteiger partial charge in [0, 0.05) is 37.1 Å². The third-order valence-corrected chi connectivity index (χ3v) is 4.53. The van der Waals surface area contributed by atoms with Crippen LogP contribution in [0.15, 0.2) is 24.4 Å². The van der Waals surface area contributed by atoms with Crippen LogP contribution in [0.3, 0.4) is 0 Å². The van der Waals surface area contributed by atoms with Crippen molar-refractivity contribution < 1.29 is 29.0 Å². The van der Waals surface area contributed by atoms with Crippen LogP contribution in [-0.2, 0) is 25.5 Å². The summed E-state index contributed by atoms with van der Waals surface area (Å²) < 4.78 is 5.24. The second-order valence-electron chi connectivity index (χ2n) is 6.05. The summed E-state index contributed by atoms with van der Waals surface area (Å²) in [5, 5.41) is 12.9. The number of fused-ring (bicyclic) bond motifs is 1. The molecule has 1 aromatic heterocycles. The maximum absolute atomic E-state index is 12.5. The number of carbonyl (C=O) groups excluding carboxylic acids is 2. The number of nitrogens with zero attached hydrogens (tertiary/aromatic N) is 2. The van der Waals surface area contributed by atoms with E-state index < -0.39 is 29.8 Å². The Morgan fingerprint density at radius 1 is 1.43 bits per heavy atom. The minimum atomic E-state index is -1.29. The predicted molar refractivity (Wildman–Crippen MR) is 101 cm³/mol. The maximum Gasteiger partial charge on any atom is 0.326 e. The lowest BCUT2D eigenvalue weighted by atomic mass is 10.0. The zero-order valence-corrected chi connectivity index (χ0v) is 15.8. The zero-order valence-electron chi connectivity index (χ0n) is 15.0. The van der Waals surface area contributed by atoms with E-state index in [1.54, 1.807) is 18.3 Å². The second kappa shape index (κ2) is 9.80. The van der Waals surface area contributed by atoms with Crippen LogP contribution in [0.5, 0.6) is 0 Å². The molecule has 1 amide bonds. The van der Waals surface area contributed by atoms with E-state index in [1.807, 2.05) is 6.07 Å². The first kappa shape index (κ1) is 21.3. The van der Waals surface area contributed by atoms with E-state index >= 15 is 0 Å². The highest BCUT2D eigenvalue weighted by Gasteiger charge is 2.27. The van der Waals surface area contributed by atoms with Crippen LogP contribution >= 0.6 is 11.6 Å². The number of carboxylic acids is 1. The Hall–Kier alpha value is -3.00. The van der Waals surface area contributed by atoms with Gasteiger partial charge in [-0.25, -0.2) is 4.79 Å². The third-order valence-electron chi connectivity index (χ3n) is 4.21. The van der Waals surface area contributed by atoms with Gasteiger partial charge in [0.2, 0.25) is 11.7 Å². The number of aliphatic carboxylic acids is 1. The number of ketones is 1. The summed E-state index contributed by atoms with van der Waals surface area (Å²) in [6.07, 6.45) is 1.27. The third kappa shape index (κ3) is 5.26. The van der Waals surface area contributed by atoms with E-state index in [0.717, 1.165) is 16.5 Å². The standard InChI is InChI=1S/C18H19ClN4O5/c1-28-15(7-10-8-21-13-4-2-3-12(19)16(10)13)17(25)23-14(18(26)27)6-5-11(24)9-22-20/h2-4,8-9,14-15,21H,5-7H2,1H3,(H,23,25)(H,26,27).